The third-order valence-electron chi connectivity index (χ3n) is 4.29. The molecule has 1 nitrogen and oxygen atoms in total. The molecule has 0 unspecified atom stereocenters. The molecule has 1 aromatic heterocycles. The SMILES string of the molecule is CSC1CCC(NCc2ccc(-c3ccccc3)s2)CC1. The van der Waals surface area contributed by atoms with E-state index in [0.29, 0.717) is 0 Å². The molecule has 0 saturated heterocycles. The topological polar surface area (TPSA) is 12.0 Å². The lowest BCUT2D eigenvalue weighted by Gasteiger charge is -2.28. The van der Waals surface area contributed by atoms with Crippen LogP contribution in [0.3, 0.4) is 0 Å². The van der Waals surface area contributed by atoms with Gasteiger partial charge < -0.3 is 5.32 Å². The van der Waals surface area contributed by atoms with Crippen molar-refractivity contribution < 1.29 is 0 Å². The molecular formula is C18H23NS2. The minimum atomic E-state index is 0.718. The van der Waals surface area contributed by atoms with Gasteiger partial charge in [-0.1, -0.05) is 30.3 Å². The molecule has 1 heterocycles. The molecule has 0 atom stereocenters. The standard InChI is InChI=1S/C18H23NS2/c1-20-16-9-7-15(8-10-16)19-13-17-11-12-18(21-17)14-5-3-2-4-6-14/h2-6,11-12,15-16,19H,7-10,13H2,1H3. The molecule has 0 aliphatic heterocycles. The fourth-order valence-electron chi connectivity index (χ4n) is 2.98. The summed E-state index contributed by atoms with van der Waals surface area (Å²) in [5.41, 5.74) is 1.33. The van der Waals surface area contributed by atoms with Crippen molar-refractivity contribution in [3.8, 4) is 10.4 Å². The highest BCUT2D eigenvalue weighted by Crippen LogP contribution is 2.29. The molecule has 0 spiro atoms. The minimum Gasteiger partial charge on any atom is -0.309 e. The average molecular weight is 318 g/mol. The summed E-state index contributed by atoms with van der Waals surface area (Å²) < 4.78 is 0. The molecule has 1 saturated carbocycles. The Hall–Kier alpha value is -0.770. The van der Waals surface area contributed by atoms with Crippen molar-refractivity contribution in [3.63, 3.8) is 0 Å². The summed E-state index contributed by atoms with van der Waals surface area (Å²) in [6, 6.07) is 15.9. The first-order valence-corrected chi connectivity index (χ1v) is 9.86. The van der Waals surface area contributed by atoms with Gasteiger partial charge in [0.25, 0.3) is 0 Å². The van der Waals surface area contributed by atoms with Crippen molar-refractivity contribution in [1.29, 1.82) is 0 Å². The van der Waals surface area contributed by atoms with Gasteiger partial charge in [0.05, 0.1) is 0 Å². The lowest BCUT2D eigenvalue weighted by molar-refractivity contribution is 0.380. The number of thioether (sulfide) groups is 1. The molecule has 112 valence electrons. The Bertz CT molecular complexity index is 541. The zero-order valence-electron chi connectivity index (χ0n) is 12.5. The van der Waals surface area contributed by atoms with Crippen LogP contribution in [0, 0.1) is 0 Å². The Morgan fingerprint density at radius 2 is 1.81 bits per heavy atom. The summed E-state index contributed by atoms with van der Waals surface area (Å²) in [5.74, 6) is 0. The molecule has 3 rings (SSSR count). The van der Waals surface area contributed by atoms with Crippen LogP contribution in [0.2, 0.25) is 0 Å². The van der Waals surface area contributed by atoms with Gasteiger partial charge in [0.2, 0.25) is 0 Å². The van der Waals surface area contributed by atoms with Gasteiger partial charge in [-0.25, -0.2) is 0 Å². The molecule has 3 heteroatoms. The summed E-state index contributed by atoms with van der Waals surface area (Å²) in [7, 11) is 0. The first-order valence-electron chi connectivity index (χ1n) is 7.75. The van der Waals surface area contributed by atoms with E-state index in [9.17, 15) is 0 Å². The molecule has 21 heavy (non-hydrogen) atoms. The van der Waals surface area contributed by atoms with Gasteiger partial charge in [-0.2, -0.15) is 11.8 Å². The minimum absolute atomic E-state index is 0.718. The fraction of sp³-hybridized carbons (Fsp3) is 0.444. The molecule has 0 amide bonds. The van der Waals surface area contributed by atoms with Crippen molar-refractivity contribution in [1.82, 2.24) is 5.32 Å². The first kappa shape index (κ1) is 15.1. The molecule has 1 fully saturated rings. The van der Waals surface area contributed by atoms with E-state index in [0.717, 1.165) is 17.8 Å². The second-order valence-corrected chi connectivity index (χ2v) is 8.03. The van der Waals surface area contributed by atoms with E-state index >= 15 is 0 Å². The third kappa shape index (κ3) is 4.12. The molecular weight excluding hydrogens is 294 g/mol. The summed E-state index contributed by atoms with van der Waals surface area (Å²) >= 11 is 3.95. The maximum absolute atomic E-state index is 3.75. The monoisotopic (exact) mass is 317 g/mol. The summed E-state index contributed by atoms with van der Waals surface area (Å²) in [6.45, 7) is 1.02. The van der Waals surface area contributed by atoms with Crippen LogP contribution in [0.15, 0.2) is 42.5 Å². The first-order chi connectivity index (χ1) is 10.3. The van der Waals surface area contributed by atoms with Crippen LogP contribution < -0.4 is 5.32 Å². The van der Waals surface area contributed by atoms with Crippen LogP contribution in [0.25, 0.3) is 10.4 Å². The van der Waals surface area contributed by atoms with E-state index < -0.39 is 0 Å². The lowest BCUT2D eigenvalue weighted by Crippen LogP contribution is -2.33. The number of benzene rings is 1. The second kappa shape index (κ2) is 7.48. The van der Waals surface area contributed by atoms with Crippen molar-refractivity contribution in [2.24, 2.45) is 0 Å². The smallest absolute Gasteiger partial charge is 0.0346 e. The highest BCUT2D eigenvalue weighted by molar-refractivity contribution is 7.99. The molecule has 1 N–H and O–H groups in total. The molecule has 2 aromatic rings. The van der Waals surface area contributed by atoms with Crippen LogP contribution in [0.1, 0.15) is 30.6 Å². The van der Waals surface area contributed by atoms with E-state index in [-0.39, 0.29) is 0 Å². The van der Waals surface area contributed by atoms with E-state index in [1.54, 1.807) is 0 Å². The van der Waals surface area contributed by atoms with E-state index in [1.165, 1.54) is 41.0 Å². The Morgan fingerprint density at radius 3 is 2.52 bits per heavy atom. The largest absolute Gasteiger partial charge is 0.309 e. The van der Waals surface area contributed by atoms with Crippen LogP contribution in [-0.4, -0.2) is 17.5 Å². The van der Waals surface area contributed by atoms with Gasteiger partial charge in [-0.3, -0.25) is 0 Å². The Morgan fingerprint density at radius 1 is 1.05 bits per heavy atom. The highest BCUT2D eigenvalue weighted by Gasteiger charge is 2.19. The third-order valence-corrected chi connectivity index (χ3v) is 6.56. The number of hydrogen-bond donors (Lipinski definition) is 1. The molecule has 1 aromatic carbocycles. The Labute approximate surface area is 136 Å². The fourth-order valence-corrected chi connectivity index (χ4v) is 4.69. The molecule has 0 radical (unpaired) electrons. The molecule has 1 aliphatic rings. The van der Waals surface area contributed by atoms with Crippen molar-refractivity contribution >= 4 is 23.1 Å². The predicted octanol–water partition coefficient (Wildman–Crippen LogP) is 5.18. The maximum Gasteiger partial charge on any atom is 0.0346 e. The Balaban J connectivity index is 1.52. The van der Waals surface area contributed by atoms with Crippen LogP contribution >= 0.6 is 23.1 Å². The zero-order chi connectivity index (χ0) is 14.5. The molecule has 0 bridgehead atoms. The zero-order valence-corrected chi connectivity index (χ0v) is 14.2. The van der Waals surface area contributed by atoms with E-state index in [4.69, 9.17) is 0 Å². The van der Waals surface area contributed by atoms with Crippen molar-refractivity contribution in [2.45, 2.75) is 43.5 Å². The van der Waals surface area contributed by atoms with Crippen molar-refractivity contribution in [2.75, 3.05) is 6.26 Å². The number of thiophene rings is 1. The maximum atomic E-state index is 3.75. The van der Waals surface area contributed by atoms with Crippen molar-refractivity contribution in [3.05, 3.63) is 47.3 Å². The number of nitrogens with one attached hydrogen (secondary N) is 1. The summed E-state index contributed by atoms with van der Waals surface area (Å²) in [4.78, 5) is 2.82. The summed E-state index contributed by atoms with van der Waals surface area (Å²) in [5, 5.41) is 4.65. The number of rotatable bonds is 5. The average Bonchev–Trinajstić information content (AvgIpc) is 3.03. The van der Waals surface area contributed by atoms with Gasteiger partial charge >= 0.3 is 0 Å². The summed E-state index contributed by atoms with van der Waals surface area (Å²) in [6.07, 6.45) is 7.66. The van der Waals surface area contributed by atoms with Crippen LogP contribution in [-0.2, 0) is 6.54 Å². The van der Waals surface area contributed by atoms with Gasteiger partial charge in [-0.05, 0) is 49.6 Å². The van der Waals surface area contributed by atoms with E-state index in [2.05, 4.69) is 54.0 Å². The quantitative estimate of drug-likeness (QED) is 0.815. The van der Waals surface area contributed by atoms with Crippen LogP contribution in [0.4, 0.5) is 0 Å². The van der Waals surface area contributed by atoms with Gasteiger partial charge in [0, 0.05) is 27.6 Å². The van der Waals surface area contributed by atoms with Gasteiger partial charge in [0.1, 0.15) is 0 Å². The highest BCUT2D eigenvalue weighted by atomic mass is 32.2. The van der Waals surface area contributed by atoms with Crippen LogP contribution in [0.5, 0.6) is 0 Å². The lowest BCUT2D eigenvalue weighted by atomic mass is 9.95. The number of hydrogen-bond acceptors (Lipinski definition) is 3. The Kier molecular flexibility index (Phi) is 5.39. The normalized spacial score (nSPS) is 22.3. The van der Waals surface area contributed by atoms with E-state index in [1.807, 2.05) is 23.1 Å². The molecule has 1 aliphatic carbocycles. The second-order valence-electron chi connectivity index (χ2n) is 5.72. The van der Waals surface area contributed by atoms with Gasteiger partial charge in [-0.15, -0.1) is 11.3 Å². The predicted molar refractivity (Wildman–Crippen MR) is 96.2 cm³/mol. The van der Waals surface area contributed by atoms with Gasteiger partial charge in [0.15, 0.2) is 0 Å².